The van der Waals surface area contributed by atoms with Gasteiger partial charge in [-0.05, 0) is 67.6 Å². The van der Waals surface area contributed by atoms with Crippen molar-refractivity contribution >= 4 is 40.7 Å². The Hall–Kier alpha value is -3.38. The van der Waals surface area contributed by atoms with Gasteiger partial charge in [-0.1, -0.05) is 11.6 Å². The highest BCUT2D eigenvalue weighted by Crippen LogP contribution is 2.17. The zero-order valence-electron chi connectivity index (χ0n) is 15.1. The van der Waals surface area contributed by atoms with Crippen LogP contribution in [0.3, 0.4) is 0 Å². The molecule has 0 bridgehead atoms. The summed E-state index contributed by atoms with van der Waals surface area (Å²) in [4.78, 5) is 28.2. The zero-order chi connectivity index (χ0) is 19.9. The molecule has 0 aliphatic carbocycles. The molecule has 0 spiro atoms. The molecule has 1 amide bonds. The first kappa shape index (κ1) is 19.4. The second kappa shape index (κ2) is 9.01. The average molecular weight is 396 g/mol. The lowest BCUT2D eigenvalue weighted by molar-refractivity contribution is 0.0526. The molecule has 0 atom stereocenters. The molecule has 2 aromatic carbocycles. The summed E-state index contributed by atoms with van der Waals surface area (Å²) in [6, 6.07) is 17.1. The van der Waals surface area contributed by atoms with E-state index >= 15 is 0 Å². The van der Waals surface area contributed by atoms with E-state index < -0.39 is 0 Å². The van der Waals surface area contributed by atoms with Gasteiger partial charge >= 0.3 is 5.97 Å². The van der Waals surface area contributed by atoms with Crippen molar-refractivity contribution in [2.24, 2.45) is 0 Å². The van der Waals surface area contributed by atoms with E-state index in [4.69, 9.17) is 16.3 Å². The number of nitrogens with zero attached hydrogens (tertiary/aromatic N) is 1. The van der Waals surface area contributed by atoms with E-state index in [1.807, 2.05) is 0 Å². The van der Waals surface area contributed by atoms with Gasteiger partial charge in [-0.3, -0.25) is 4.79 Å². The van der Waals surface area contributed by atoms with Crippen LogP contribution in [0.5, 0.6) is 0 Å². The number of aromatic nitrogens is 1. The number of halogens is 1. The number of amides is 1. The fourth-order valence-electron chi connectivity index (χ4n) is 2.39. The number of nitrogens with one attached hydrogen (secondary N) is 2. The van der Waals surface area contributed by atoms with Crippen molar-refractivity contribution in [3.63, 3.8) is 0 Å². The molecule has 0 unspecified atom stereocenters. The maximum Gasteiger partial charge on any atom is 0.338 e. The van der Waals surface area contributed by atoms with Crippen LogP contribution in [0.4, 0.5) is 17.2 Å². The summed E-state index contributed by atoms with van der Waals surface area (Å²) in [5.41, 5.74) is 2.32. The minimum absolute atomic E-state index is 0.264. The van der Waals surface area contributed by atoms with Crippen molar-refractivity contribution in [1.82, 2.24) is 4.98 Å². The van der Waals surface area contributed by atoms with Crippen LogP contribution in [0.2, 0.25) is 5.02 Å². The molecule has 2 N–H and O–H groups in total. The minimum atomic E-state index is -0.358. The third-order valence-electron chi connectivity index (χ3n) is 3.80. The molecular formula is C21H18ClN3O3. The van der Waals surface area contributed by atoms with Crippen LogP contribution in [-0.4, -0.2) is 23.5 Å². The number of anilines is 3. The molecule has 0 radical (unpaired) electrons. The van der Waals surface area contributed by atoms with Crippen LogP contribution in [0.15, 0.2) is 66.9 Å². The minimum Gasteiger partial charge on any atom is -0.462 e. The molecule has 6 nitrogen and oxygen atoms in total. The summed E-state index contributed by atoms with van der Waals surface area (Å²) >= 11 is 5.83. The number of hydrogen-bond donors (Lipinski definition) is 2. The van der Waals surface area contributed by atoms with Crippen molar-refractivity contribution in [2.45, 2.75) is 6.92 Å². The quantitative estimate of drug-likeness (QED) is 0.580. The maximum atomic E-state index is 12.3. The van der Waals surface area contributed by atoms with E-state index in [2.05, 4.69) is 15.6 Å². The van der Waals surface area contributed by atoms with Crippen molar-refractivity contribution in [1.29, 1.82) is 0 Å². The van der Waals surface area contributed by atoms with Crippen LogP contribution in [0.1, 0.15) is 27.6 Å². The Morgan fingerprint density at radius 3 is 2.18 bits per heavy atom. The van der Waals surface area contributed by atoms with E-state index in [1.54, 1.807) is 67.6 Å². The lowest BCUT2D eigenvalue weighted by Crippen LogP contribution is -2.12. The van der Waals surface area contributed by atoms with Gasteiger partial charge in [0.05, 0.1) is 17.7 Å². The van der Waals surface area contributed by atoms with Gasteiger partial charge in [0.25, 0.3) is 5.91 Å². The number of benzene rings is 2. The standard InChI is InChI=1S/C21H18ClN3O3/c1-2-28-21(27)14-3-8-17(9-4-14)24-19-12-5-15(13-23-19)20(26)25-18-10-6-16(22)7-11-18/h3-13H,2H2,1H3,(H,23,24)(H,25,26). The fourth-order valence-corrected chi connectivity index (χ4v) is 2.52. The first-order chi connectivity index (χ1) is 13.5. The molecule has 0 saturated heterocycles. The second-order valence-corrected chi connectivity index (χ2v) is 6.25. The third-order valence-corrected chi connectivity index (χ3v) is 4.05. The van der Waals surface area contributed by atoms with Crippen molar-refractivity contribution in [2.75, 3.05) is 17.2 Å². The number of rotatable bonds is 6. The SMILES string of the molecule is CCOC(=O)c1ccc(Nc2ccc(C(=O)Nc3ccc(Cl)cc3)cn2)cc1. The highest BCUT2D eigenvalue weighted by molar-refractivity contribution is 6.30. The molecule has 0 fully saturated rings. The Kier molecular flexibility index (Phi) is 6.24. The van der Waals surface area contributed by atoms with E-state index in [1.165, 1.54) is 6.20 Å². The van der Waals surface area contributed by atoms with Gasteiger partial charge in [-0.25, -0.2) is 9.78 Å². The topological polar surface area (TPSA) is 80.3 Å². The molecule has 1 heterocycles. The van der Waals surface area contributed by atoms with Gasteiger partial charge in [-0.15, -0.1) is 0 Å². The summed E-state index contributed by atoms with van der Waals surface area (Å²) < 4.78 is 4.95. The number of carbonyl (C=O) groups is 2. The monoisotopic (exact) mass is 395 g/mol. The van der Waals surface area contributed by atoms with Gasteiger partial charge in [0.15, 0.2) is 0 Å². The summed E-state index contributed by atoms with van der Waals surface area (Å²) in [5, 5.41) is 6.50. The zero-order valence-corrected chi connectivity index (χ0v) is 15.9. The Morgan fingerprint density at radius 1 is 0.929 bits per heavy atom. The van der Waals surface area contributed by atoms with Gasteiger partial charge in [0, 0.05) is 22.6 Å². The van der Waals surface area contributed by atoms with Gasteiger partial charge in [-0.2, -0.15) is 0 Å². The molecule has 142 valence electrons. The Bertz CT molecular complexity index is 956. The molecule has 7 heteroatoms. The molecular weight excluding hydrogens is 378 g/mol. The normalized spacial score (nSPS) is 10.2. The van der Waals surface area contributed by atoms with E-state index in [0.717, 1.165) is 5.69 Å². The first-order valence-electron chi connectivity index (χ1n) is 8.62. The number of hydrogen-bond acceptors (Lipinski definition) is 5. The highest BCUT2D eigenvalue weighted by Gasteiger charge is 2.08. The van der Waals surface area contributed by atoms with Gasteiger partial charge in [0.2, 0.25) is 0 Å². The Balaban J connectivity index is 1.61. The van der Waals surface area contributed by atoms with Gasteiger partial charge in [0.1, 0.15) is 5.82 Å². The predicted molar refractivity (Wildman–Crippen MR) is 109 cm³/mol. The number of pyridine rings is 1. The molecule has 28 heavy (non-hydrogen) atoms. The molecule has 3 rings (SSSR count). The molecule has 1 aromatic heterocycles. The summed E-state index contributed by atoms with van der Waals surface area (Å²) in [7, 11) is 0. The van der Waals surface area contributed by atoms with Crippen LogP contribution >= 0.6 is 11.6 Å². The smallest absolute Gasteiger partial charge is 0.338 e. The van der Waals surface area contributed by atoms with Gasteiger partial charge < -0.3 is 15.4 Å². The Labute approximate surface area is 167 Å². The fraction of sp³-hybridized carbons (Fsp3) is 0.0952. The highest BCUT2D eigenvalue weighted by atomic mass is 35.5. The number of carbonyl (C=O) groups excluding carboxylic acids is 2. The largest absolute Gasteiger partial charge is 0.462 e. The van der Waals surface area contributed by atoms with Crippen LogP contribution < -0.4 is 10.6 Å². The third kappa shape index (κ3) is 5.08. The van der Waals surface area contributed by atoms with E-state index in [0.29, 0.717) is 34.3 Å². The molecule has 0 aliphatic rings. The second-order valence-electron chi connectivity index (χ2n) is 5.82. The summed E-state index contributed by atoms with van der Waals surface area (Å²) in [6.45, 7) is 2.10. The van der Waals surface area contributed by atoms with Crippen molar-refractivity contribution in [3.8, 4) is 0 Å². The number of ether oxygens (including phenoxy) is 1. The van der Waals surface area contributed by atoms with E-state index in [-0.39, 0.29) is 11.9 Å². The summed E-state index contributed by atoms with van der Waals surface area (Å²) in [6.07, 6.45) is 1.49. The predicted octanol–water partition coefficient (Wildman–Crippen LogP) is 4.91. The molecule has 0 aliphatic heterocycles. The molecule has 3 aromatic rings. The van der Waals surface area contributed by atoms with Crippen LogP contribution in [-0.2, 0) is 4.74 Å². The average Bonchev–Trinajstić information content (AvgIpc) is 2.71. The number of esters is 1. The summed E-state index contributed by atoms with van der Waals surface area (Å²) in [5.74, 6) is -0.0460. The van der Waals surface area contributed by atoms with Crippen LogP contribution in [0, 0.1) is 0 Å². The first-order valence-corrected chi connectivity index (χ1v) is 9.00. The Morgan fingerprint density at radius 2 is 1.57 bits per heavy atom. The molecule has 0 saturated carbocycles. The van der Waals surface area contributed by atoms with Crippen molar-refractivity contribution < 1.29 is 14.3 Å². The lowest BCUT2D eigenvalue weighted by Gasteiger charge is -2.08. The van der Waals surface area contributed by atoms with Crippen molar-refractivity contribution in [3.05, 3.63) is 83.0 Å². The lowest BCUT2D eigenvalue weighted by atomic mass is 10.2. The van der Waals surface area contributed by atoms with Crippen LogP contribution in [0.25, 0.3) is 0 Å². The van der Waals surface area contributed by atoms with E-state index in [9.17, 15) is 9.59 Å². The maximum absolute atomic E-state index is 12.3.